The van der Waals surface area contributed by atoms with Gasteiger partial charge >= 0.3 is 5.97 Å². The zero-order valence-electron chi connectivity index (χ0n) is 16.8. The molecule has 1 amide bonds. The Labute approximate surface area is 170 Å². The lowest BCUT2D eigenvalue weighted by atomic mass is 10.1. The van der Waals surface area contributed by atoms with E-state index in [1.54, 1.807) is 19.2 Å². The Balaban J connectivity index is 1.85. The summed E-state index contributed by atoms with van der Waals surface area (Å²) < 4.78 is 10.2. The molecule has 6 nitrogen and oxygen atoms in total. The number of ether oxygens (including phenoxy) is 2. The fraction of sp³-hybridized carbons (Fsp3) is 0.261. The summed E-state index contributed by atoms with van der Waals surface area (Å²) in [4.78, 5) is 24.4. The first kappa shape index (κ1) is 21.7. The molecular weight excluding hydrogens is 368 g/mol. The predicted octanol–water partition coefficient (Wildman–Crippen LogP) is 3.20. The topological polar surface area (TPSA) is 88.4 Å². The van der Waals surface area contributed by atoms with Crippen LogP contribution in [0.1, 0.15) is 23.6 Å². The molecule has 2 rings (SSSR count). The number of carbonyl (C=O) groups is 2. The second kappa shape index (κ2) is 10.7. The van der Waals surface area contributed by atoms with E-state index in [1.807, 2.05) is 49.4 Å². The lowest BCUT2D eigenvalue weighted by molar-refractivity contribution is -0.150. The average molecular weight is 392 g/mol. The molecule has 0 aliphatic rings. The van der Waals surface area contributed by atoms with Gasteiger partial charge in [0.1, 0.15) is 17.4 Å². The quantitative estimate of drug-likeness (QED) is 0.423. The van der Waals surface area contributed by atoms with E-state index in [1.165, 1.54) is 13.0 Å². The number of nitrogens with zero attached hydrogens (tertiary/aromatic N) is 1. The maximum absolute atomic E-state index is 12.2. The molecule has 0 unspecified atom stereocenters. The Bertz CT molecular complexity index is 909. The molecule has 1 atom stereocenters. The molecule has 0 aliphatic heterocycles. The molecule has 0 heterocycles. The molecule has 150 valence electrons. The third-order valence-electron chi connectivity index (χ3n) is 4.25. The van der Waals surface area contributed by atoms with Gasteiger partial charge in [-0.05, 0) is 49.6 Å². The van der Waals surface area contributed by atoms with E-state index in [9.17, 15) is 14.9 Å². The molecule has 0 radical (unpaired) electrons. The van der Waals surface area contributed by atoms with Crippen molar-refractivity contribution in [2.45, 2.75) is 26.4 Å². The van der Waals surface area contributed by atoms with Crippen LogP contribution in [0, 0.1) is 18.3 Å². The zero-order valence-corrected chi connectivity index (χ0v) is 16.8. The number of esters is 1. The molecule has 1 N–H and O–H groups in total. The summed E-state index contributed by atoms with van der Waals surface area (Å²) in [5.41, 5.74) is 2.67. The number of nitrogens with one attached hydrogen (secondary N) is 1. The number of benzene rings is 2. The highest BCUT2D eigenvalue weighted by Crippen LogP contribution is 2.12. The summed E-state index contributed by atoms with van der Waals surface area (Å²) in [5, 5.41) is 12.0. The molecular formula is C23H24N2O4. The van der Waals surface area contributed by atoms with E-state index in [-0.39, 0.29) is 5.57 Å². The minimum absolute atomic E-state index is 0.160. The first-order valence-corrected chi connectivity index (χ1v) is 9.23. The van der Waals surface area contributed by atoms with E-state index in [4.69, 9.17) is 9.47 Å². The van der Waals surface area contributed by atoms with E-state index in [0.29, 0.717) is 18.5 Å². The number of aryl methyl sites for hydroxylation is 1. The maximum Gasteiger partial charge on any atom is 0.349 e. The van der Waals surface area contributed by atoms with Crippen molar-refractivity contribution in [1.82, 2.24) is 5.32 Å². The van der Waals surface area contributed by atoms with Crippen molar-refractivity contribution in [3.63, 3.8) is 0 Å². The predicted molar refractivity (Wildman–Crippen MR) is 110 cm³/mol. The molecule has 29 heavy (non-hydrogen) atoms. The fourth-order valence-corrected chi connectivity index (χ4v) is 2.51. The van der Waals surface area contributed by atoms with Crippen LogP contribution >= 0.6 is 0 Å². The van der Waals surface area contributed by atoms with Crippen LogP contribution in [0.25, 0.3) is 6.08 Å². The second-order valence-electron chi connectivity index (χ2n) is 6.52. The van der Waals surface area contributed by atoms with Crippen LogP contribution in [-0.2, 0) is 20.7 Å². The van der Waals surface area contributed by atoms with Gasteiger partial charge in [-0.1, -0.05) is 42.0 Å². The Morgan fingerprint density at radius 1 is 1.14 bits per heavy atom. The Hall–Kier alpha value is -3.59. The van der Waals surface area contributed by atoms with Gasteiger partial charge in [0.2, 0.25) is 0 Å². The normalized spacial score (nSPS) is 11.9. The van der Waals surface area contributed by atoms with Crippen LogP contribution in [-0.4, -0.2) is 31.6 Å². The molecule has 0 spiro atoms. The second-order valence-corrected chi connectivity index (χ2v) is 6.52. The van der Waals surface area contributed by atoms with Crippen LogP contribution in [0.4, 0.5) is 0 Å². The molecule has 6 heteroatoms. The molecule has 0 bridgehead atoms. The molecule has 2 aromatic carbocycles. The van der Waals surface area contributed by atoms with Crippen molar-refractivity contribution >= 4 is 18.0 Å². The van der Waals surface area contributed by atoms with Crippen LogP contribution in [0.15, 0.2) is 54.1 Å². The SMILES string of the molecule is COc1ccc(CCNC(=O)[C@H](C)OC(=O)/C(C#N)=C/c2ccc(C)cc2)cc1. The van der Waals surface area contributed by atoms with Gasteiger partial charge in [0, 0.05) is 6.54 Å². The zero-order chi connectivity index (χ0) is 21.2. The van der Waals surface area contributed by atoms with Gasteiger partial charge in [-0.3, -0.25) is 4.79 Å². The molecule has 0 aliphatic carbocycles. The summed E-state index contributed by atoms with van der Waals surface area (Å²) in [5.74, 6) is -0.476. The summed E-state index contributed by atoms with van der Waals surface area (Å²) in [7, 11) is 1.60. The van der Waals surface area contributed by atoms with E-state index >= 15 is 0 Å². The summed E-state index contributed by atoms with van der Waals surface area (Å²) in [6.07, 6.45) is 1.07. The number of rotatable bonds is 8. The number of nitriles is 1. The number of amides is 1. The van der Waals surface area contributed by atoms with Crippen molar-refractivity contribution in [3.8, 4) is 11.8 Å². The highest BCUT2D eigenvalue weighted by molar-refractivity contribution is 5.99. The highest BCUT2D eigenvalue weighted by atomic mass is 16.5. The molecule has 0 fully saturated rings. The number of carbonyl (C=O) groups excluding carboxylic acids is 2. The highest BCUT2D eigenvalue weighted by Gasteiger charge is 2.20. The number of hydrogen-bond donors (Lipinski definition) is 1. The van der Waals surface area contributed by atoms with Crippen LogP contribution in [0.2, 0.25) is 0 Å². The van der Waals surface area contributed by atoms with Gasteiger partial charge in [-0.2, -0.15) is 5.26 Å². The van der Waals surface area contributed by atoms with Gasteiger partial charge in [-0.25, -0.2) is 4.79 Å². The summed E-state index contributed by atoms with van der Waals surface area (Å²) in [6, 6.07) is 16.7. The molecule has 0 saturated heterocycles. The van der Waals surface area contributed by atoms with Crippen molar-refractivity contribution in [2.75, 3.05) is 13.7 Å². The smallest absolute Gasteiger partial charge is 0.349 e. The standard InChI is InChI=1S/C23H24N2O4/c1-16-4-6-19(7-5-16)14-20(15-24)23(27)29-17(2)22(26)25-13-12-18-8-10-21(28-3)11-9-18/h4-11,14,17H,12-13H2,1-3H3,(H,25,26)/b20-14+/t17-/m0/s1. The fourth-order valence-electron chi connectivity index (χ4n) is 2.51. The van der Waals surface area contributed by atoms with Crippen molar-refractivity contribution < 1.29 is 19.1 Å². The van der Waals surface area contributed by atoms with Gasteiger partial charge < -0.3 is 14.8 Å². The Morgan fingerprint density at radius 3 is 2.38 bits per heavy atom. The minimum atomic E-state index is -1.01. The Morgan fingerprint density at radius 2 is 1.79 bits per heavy atom. The lowest BCUT2D eigenvalue weighted by Gasteiger charge is -2.13. The van der Waals surface area contributed by atoms with Crippen LogP contribution < -0.4 is 10.1 Å². The van der Waals surface area contributed by atoms with Gasteiger partial charge in [0.05, 0.1) is 7.11 Å². The largest absolute Gasteiger partial charge is 0.497 e. The molecule has 0 saturated carbocycles. The van der Waals surface area contributed by atoms with Crippen LogP contribution in [0.3, 0.4) is 0 Å². The van der Waals surface area contributed by atoms with Crippen molar-refractivity contribution in [2.24, 2.45) is 0 Å². The maximum atomic E-state index is 12.2. The van der Waals surface area contributed by atoms with Gasteiger partial charge in [-0.15, -0.1) is 0 Å². The Kier molecular flexibility index (Phi) is 7.99. The monoisotopic (exact) mass is 392 g/mol. The van der Waals surface area contributed by atoms with Gasteiger partial charge in [0.15, 0.2) is 6.10 Å². The first-order chi connectivity index (χ1) is 13.9. The van der Waals surface area contributed by atoms with Crippen molar-refractivity contribution in [1.29, 1.82) is 5.26 Å². The first-order valence-electron chi connectivity index (χ1n) is 9.23. The minimum Gasteiger partial charge on any atom is -0.497 e. The van der Waals surface area contributed by atoms with E-state index in [0.717, 1.165) is 16.9 Å². The summed E-state index contributed by atoms with van der Waals surface area (Å²) >= 11 is 0. The van der Waals surface area contributed by atoms with Gasteiger partial charge in [0.25, 0.3) is 5.91 Å². The number of methoxy groups -OCH3 is 1. The van der Waals surface area contributed by atoms with E-state index < -0.39 is 18.0 Å². The third kappa shape index (κ3) is 6.82. The third-order valence-corrected chi connectivity index (χ3v) is 4.25. The van der Waals surface area contributed by atoms with E-state index in [2.05, 4.69) is 5.32 Å². The number of hydrogen-bond acceptors (Lipinski definition) is 5. The van der Waals surface area contributed by atoms with Crippen molar-refractivity contribution in [3.05, 3.63) is 70.8 Å². The average Bonchev–Trinajstić information content (AvgIpc) is 2.73. The van der Waals surface area contributed by atoms with Crippen LogP contribution in [0.5, 0.6) is 5.75 Å². The molecule has 0 aromatic heterocycles. The summed E-state index contributed by atoms with van der Waals surface area (Å²) in [6.45, 7) is 3.82. The molecule has 2 aromatic rings. The lowest BCUT2D eigenvalue weighted by Crippen LogP contribution is -2.37.